The lowest BCUT2D eigenvalue weighted by Gasteiger charge is -2.42. The summed E-state index contributed by atoms with van der Waals surface area (Å²) in [7, 11) is 1.64. The number of epoxide rings is 2. The Labute approximate surface area is 371 Å². The average Bonchev–Trinajstić information content (AvgIpc) is 4.17. The topological polar surface area (TPSA) is 239 Å². The molecule has 2 heterocycles. The molecule has 1 aliphatic carbocycles. The molecule has 3 aliphatic rings. The zero-order valence-electron chi connectivity index (χ0n) is 38.1. The summed E-state index contributed by atoms with van der Waals surface area (Å²) in [6.07, 6.45) is 5.58. The first-order valence-electron chi connectivity index (χ1n) is 22.3. The van der Waals surface area contributed by atoms with E-state index in [1.54, 1.807) is 7.11 Å². The zero-order valence-corrected chi connectivity index (χ0v) is 38.1. The number of ketones is 3. The van der Waals surface area contributed by atoms with E-state index in [0.717, 1.165) is 37.7 Å². The highest BCUT2D eigenvalue weighted by Gasteiger charge is 2.72. The summed E-state index contributed by atoms with van der Waals surface area (Å²) >= 11 is 0. The molecule has 18 heteroatoms. The van der Waals surface area contributed by atoms with Gasteiger partial charge in [-0.3, -0.25) is 24.6 Å². The summed E-state index contributed by atoms with van der Waals surface area (Å²) in [5.74, 6) is -1.89. The summed E-state index contributed by atoms with van der Waals surface area (Å²) in [4.78, 5) is 74.7. The summed E-state index contributed by atoms with van der Waals surface area (Å²) in [6.45, 7) is 12.6. The summed E-state index contributed by atoms with van der Waals surface area (Å²) in [5, 5.41) is 8.47. The van der Waals surface area contributed by atoms with Crippen LogP contribution < -0.4 is 37.7 Å². The monoisotopic (exact) mass is 886 g/mol. The number of hydrazine groups is 2. The number of Topliss-reactive ketones (excluding diaryl/α,β-unsaturated/α-hetero) is 3. The number of alkyl carbamates (subject to hydrolysis) is 2. The molecule has 4 unspecified atom stereocenters. The molecular formula is C45H71N7O11. The van der Waals surface area contributed by atoms with Gasteiger partial charge in [0.25, 0.3) is 0 Å². The molecule has 2 saturated heterocycles. The summed E-state index contributed by atoms with van der Waals surface area (Å²) in [5.41, 5.74) is 12.1. The van der Waals surface area contributed by atoms with E-state index in [1.165, 1.54) is 12.5 Å². The SMILES string of the molecule is COC1C(OC(=O)N[C@@H](COC(=O)NCCCCCCNC(=O)CNN[C@@H](Cc2ccccc2)C(=O)C(=O)CNNCC(C)=O)C(C)C)CC[C@]2(CO2)C1C1(C)O[C@@H]1CC=C(C)C. The molecule has 8 atom stereocenters. The van der Waals surface area contributed by atoms with Gasteiger partial charge in [-0.2, -0.15) is 0 Å². The van der Waals surface area contributed by atoms with Crippen LogP contribution in [0.5, 0.6) is 0 Å². The number of hydrogen-bond acceptors (Lipinski definition) is 15. The number of rotatable bonds is 29. The van der Waals surface area contributed by atoms with Crippen LogP contribution in [0.1, 0.15) is 92.1 Å². The van der Waals surface area contributed by atoms with Crippen molar-refractivity contribution in [3.05, 3.63) is 47.5 Å². The fraction of sp³-hybridized carbons (Fsp3) is 0.689. The molecule has 1 spiro atoms. The van der Waals surface area contributed by atoms with E-state index in [4.69, 9.17) is 23.7 Å². The lowest BCUT2D eigenvalue weighted by atomic mass is 9.68. The Kier molecular flexibility index (Phi) is 20.6. The number of ether oxygens (including phenoxy) is 5. The number of nitrogens with one attached hydrogen (secondary N) is 7. The molecule has 63 heavy (non-hydrogen) atoms. The van der Waals surface area contributed by atoms with Gasteiger partial charge in [0.2, 0.25) is 17.5 Å². The van der Waals surface area contributed by atoms with Gasteiger partial charge in [-0.1, -0.05) is 68.7 Å². The number of hydrogen-bond donors (Lipinski definition) is 7. The van der Waals surface area contributed by atoms with E-state index in [2.05, 4.69) is 64.5 Å². The van der Waals surface area contributed by atoms with Crippen LogP contribution in [0.4, 0.5) is 9.59 Å². The lowest BCUT2D eigenvalue weighted by Crippen LogP contribution is -2.56. The second-order valence-electron chi connectivity index (χ2n) is 17.5. The number of carbonyl (C=O) groups is 6. The van der Waals surface area contributed by atoms with Gasteiger partial charge in [0.15, 0.2) is 0 Å². The van der Waals surface area contributed by atoms with E-state index in [0.29, 0.717) is 32.5 Å². The van der Waals surface area contributed by atoms with Crippen molar-refractivity contribution in [3.8, 4) is 0 Å². The second-order valence-corrected chi connectivity index (χ2v) is 17.5. The van der Waals surface area contributed by atoms with E-state index < -0.39 is 53.6 Å². The Morgan fingerprint density at radius 3 is 2.21 bits per heavy atom. The van der Waals surface area contributed by atoms with Crippen molar-refractivity contribution in [2.24, 2.45) is 11.8 Å². The molecule has 0 bridgehead atoms. The molecule has 0 radical (unpaired) electrons. The number of methoxy groups -OCH3 is 1. The standard InChI is InChI=1S/C45H71N7O11/c1-29(2)17-18-37-44(6,63-37)41-40(59-7)36(19-20-45(41)28-61-45)62-43(58)51-34(30(3)4)27-60-42(57)47-22-14-9-8-13-21-46-38(55)26-50-52-33(23-32-15-11-10-12-16-32)39(56)35(54)25-49-48-24-31(5)53/h10-12,15-17,30,33-34,36-37,40-41,48-50,52H,8-9,13-14,18-28H2,1-7H3,(H,46,55)(H,47,57)(H,51,58)/t33-,34-,36?,37+,40?,41?,44?,45-/m0/s1. The van der Waals surface area contributed by atoms with Crippen LogP contribution in [0.15, 0.2) is 42.0 Å². The maximum Gasteiger partial charge on any atom is 0.407 e. The van der Waals surface area contributed by atoms with Gasteiger partial charge in [-0.15, -0.1) is 0 Å². The van der Waals surface area contributed by atoms with E-state index in [-0.39, 0.29) is 67.9 Å². The number of carbonyl (C=O) groups excluding carboxylic acids is 6. The van der Waals surface area contributed by atoms with E-state index in [9.17, 15) is 28.8 Å². The molecule has 1 aromatic carbocycles. The minimum Gasteiger partial charge on any atom is -0.447 e. The minimum absolute atomic E-state index is 0.0174. The van der Waals surface area contributed by atoms with Gasteiger partial charge in [0.05, 0.1) is 50.3 Å². The Hall–Kier alpha value is -4.30. The molecule has 18 nitrogen and oxygen atoms in total. The minimum atomic E-state index is -0.917. The molecule has 352 valence electrons. The molecule has 3 fully saturated rings. The third-order valence-electron chi connectivity index (χ3n) is 11.8. The van der Waals surface area contributed by atoms with Crippen molar-refractivity contribution in [1.29, 1.82) is 0 Å². The van der Waals surface area contributed by atoms with Gasteiger partial charge in [-0.05, 0) is 77.7 Å². The summed E-state index contributed by atoms with van der Waals surface area (Å²) in [6, 6.07) is 7.80. The van der Waals surface area contributed by atoms with Crippen LogP contribution >= 0.6 is 0 Å². The summed E-state index contributed by atoms with van der Waals surface area (Å²) < 4.78 is 29.7. The van der Waals surface area contributed by atoms with Gasteiger partial charge >= 0.3 is 12.2 Å². The number of unbranched alkanes of at least 4 members (excludes halogenated alkanes) is 3. The number of benzene rings is 1. The Morgan fingerprint density at radius 1 is 0.889 bits per heavy atom. The predicted molar refractivity (Wildman–Crippen MR) is 234 cm³/mol. The third-order valence-corrected chi connectivity index (χ3v) is 11.8. The van der Waals surface area contributed by atoms with Crippen LogP contribution in [0.25, 0.3) is 0 Å². The van der Waals surface area contributed by atoms with Gasteiger partial charge in [-0.25, -0.2) is 25.9 Å². The van der Waals surface area contributed by atoms with Crippen LogP contribution in [0.3, 0.4) is 0 Å². The van der Waals surface area contributed by atoms with Gasteiger partial charge in [0, 0.05) is 20.2 Å². The molecule has 1 aromatic rings. The van der Waals surface area contributed by atoms with Gasteiger partial charge < -0.3 is 39.6 Å². The Balaban J connectivity index is 1.07. The predicted octanol–water partition coefficient (Wildman–Crippen LogP) is 2.74. The second kappa shape index (κ2) is 25.3. The molecular weight excluding hydrogens is 815 g/mol. The Bertz CT molecular complexity index is 1700. The largest absolute Gasteiger partial charge is 0.447 e. The number of amides is 3. The highest BCUT2D eigenvalue weighted by atomic mass is 16.6. The number of allylic oxidation sites excluding steroid dienone is 1. The fourth-order valence-corrected chi connectivity index (χ4v) is 8.02. The molecule has 0 aromatic heterocycles. The molecule has 3 amide bonds. The maximum atomic E-state index is 13.2. The van der Waals surface area contributed by atoms with Crippen LogP contribution in [-0.2, 0) is 49.3 Å². The first-order chi connectivity index (χ1) is 30.1. The van der Waals surface area contributed by atoms with Crippen molar-refractivity contribution >= 4 is 35.4 Å². The normalized spacial score (nSPS) is 24.4. The highest BCUT2D eigenvalue weighted by molar-refractivity contribution is 6.40. The Morgan fingerprint density at radius 2 is 1.57 bits per heavy atom. The first-order valence-corrected chi connectivity index (χ1v) is 22.3. The fourth-order valence-electron chi connectivity index (χ4n) is 8.02. The molecule has 4 rings (SSSR count). The molecule has 1 saturated carbocycles. The zero-order chi connectivity index (χ0) is 46.0. The third kappa shape index (κ3) is 16.6. The van der Waals surface area contributed by atoms with Crippen molar-refractivity contribution in [2.75, 3.05) is 53.0 Å². The van der Waals surface area contributed by atoms with Crippen molar-refractivity contribution in [2.45, 2.75) is 135 Å². The maximum absolute atomic E-state index is 13.2. The van der Waals surface area contributed by atoms with Crippen molar-refractivity contribution < 1.29 is 52.5 Å². The van der Waals surface area contributed by atoms with Crippen LogP contribution in [0, 0.1) is 11.8 Å². The smallest absolute Gasteiger partial charge is 0.407 e. The lowest BCUT2D eigenvalue weighted by molar-refractivity contribution is -0.137. The highest BCUT2D eigenvalue weighted by Crippen LogP contribution is 2.59. The molecule has 2 aliphatic heterocycles. The quantitative estimate of drug-likeness (QED) is 0.0201. The average molecular weight is 886 g/mol. The van der Waals surface area contributed by atoms with Crippen LogP contribution in [-0.4, -0.2) is 130 Å². The molecule has 7 N–H and O–H groups in total. The first kappa shape index (κ1) is 51.3. The van der Waals surface area contributed by atoms with Crippen LogP contribution in [0.2, 0.25) is 0 Å². The van der Waals surface area contributed by atoms with Crippen molar-refractivity contribution in [3.63, 3.8) is 0 Å². The van der Waals surface area contributed by atoms with E-state index in [1.807, 2.05) is 44.2 Å². The van der Waals surface area contributed by atoms with E-state index >= 15 is 0 Å². The van der Waals surface area contributed by atoms with Gasteiger partial charge in [0.1, 0.15) is 35.8 Å². The van der Waals surface area contributed by atoms with Crippen molar-refractivity contribution in [1.82, 2.24) is 37.7 Å².